The van der Waals surface area contributed by atoms with Crippen LogP contribution in [0.4, 0.5) is 18.0 Å². The molecule has 0 fully saturated rings. The lowest BCUT2D eigenvalue weighted by Crippen LogP contribution is -2.52. The number of hydrogen-bond donors (Lipinski definition) is 1. The zero-order chi connectivity index (χ0) is 29.1. The van der Waals surface area contributed by atoms with Crippen molar-refractivity contribution in [1.82, 2.24) is 10.3 Å². The Balaban J connectivity index is 2.20. The summed E-state index contributed by atoms with van der Waals surface area (Å²) in [5.74, 6) is -0.342. The van der Waals surface area contributed by atoms with Crippen molar-refractivity contribution in [3.05, 3.63) is 94.8 Å². The molecular formula is C27H25Cl4F3N2O3. The number of pyridine rings is 1. The summed E-state index contributed by atoms with van der Waals surface area (Å²) < 4.78 is 50.0. The first-order valence-electron chi connectivity index (χ1n) is 11.6. The molecule has 1 unspecified atom stereocenters. The molecule has 0 radical (unpaired) electrons. The average Bonchev–Trinajstić information content (AvgIpc) is 2.83. The fraction of sp³-hybridized carbons (Fsp3) is 0.333. The second-order valence-corrected chi connectivity index (χ2v) is 12.0. The van der Waals surface area contributed by atoms with Crippen molar-refractivity contribution >= 4 is 52.5 Å². The van der Waals surface area contributed by atoms with Crippen LogP contribution in [0.25, 0.3) is 0 Å². The molecule has 0 aliphatic carbocycles. The molecule has 0 aliphatic heterocycles. The number of ether oxygens (including phenoxy) is 2. The third-order valence-electron chi connectivity index (χ3n) is 5.87. The van der Waals surface area contributed by atoms with Gasteiger partial charge in [-0.2, -0.15) is 8.78 Å². The van der Waals surface area contributed by atoms with E-state index in [1.807, 2.05) is 18.2 Å². The summed E-state index contributed by atoms with van der Waals surface area (Å²) in [6, 6.07) is 17.6. The van der Waals surface area contributed by atoms with Gasteiger partial charge in [0, 0.05) is 12.6 Å². The summed E-state index contributed by atoms with van der Waals surface area (Å²) in [4.78, 5) is 17.8. The van der Waals surface area contributed by atoms with Gasteiger partial charge in [0.15, 0.2) is 5.60 Å². The molecule has 0 aliphatic rings. The first-order valence-corrected chi connectivity index (χ1v) is 13.1. The molecule has 2 atom stereocenters. The molecule has 2 aromatic carbocycles. The van der Waals surface area contributed by atoms with Crippen molar-refractivity contribution in [2.45, 2.75) is 54.4 Å². The number of carbonyl (C=O) groups is 1. The predicted molar refractivity (Wildman–Crippen MR) is 147 cm³/mol. The largest absolute Gasteiger partial charge is 0.439 e. The Kier molecular flexibility index (Phi) is 9.59. The Morgan fingerprint density at radius 3 is 2.26 bits per heavy atom. The van der Waals surface area contributed by atoms with Crippen LogP contribution in [0.15, 0.2) is 72.9 Å². The number of halogens is 7. The van der Waals surface area contributed by atoms with E-state index < -0.39 is 33.3 Å². The Bertz CT molecular complexity index is 1270. The monoisotopic (exact) mass is 622 g/mol. The van der Waals surface area contributed by atoms with Crippen LogP contribution in [0, 0.1) is 0 Å². The molecule has 210 valence electrons. The minimum absolute atomic E-state index is 0.0745. The normalized spacial score (nSPS) is 14.7. The van der Waals surface area contributed by atoms with Crippen molar-refractivity contribution in [1.29, 1.82) is 0 Å². The minimum Gasteiger partial charge on any atom is -0.439 e. The Morgan fingerprint density at radius 1 is 1.03 bits per heavy atom. The summed E-state index contributed by atoms with van der Waals surface area (Å²) in [5, 5.41) is 3.13. The number of alkyl carbamates (subject to hydrolysis) is 1. The first-order chi connectivity index (χ1) is 18.1. The van der Waals surface area contributed by atoms with Crippen LogP contribution in [0.5, 0.6) is 5.75 Å². The standard InChI is InChI=1S/C27H25Cl4F3N2O3/c1-17(32)26(33,34)38-21-11-7-10-19(14-21)25(15-18-8-5-4-6-9-18,22-13-12-20(28)16-35-22)36-23(37)39-24(2,3)27(29,30)31/h4-14,16-17H,15H2,1-3H3,(H,36,37)/t17?,25-/m1/s1. The zero-order valence-corrected chi connectivity index (χ0v) is 24.1. The average molecular weight is 624 g/mol. The number of aromatic nitrogens is 1. The fourth-order valence-electron chi connectivity index (χ4n) is 3.60. The molecule has 39 heavy (non-hydrogen) atoms. The third kappa shape index (κ3) is 7.63. The Labute approximate surface area is 244 Å². The van der Waals surface area contributed by atoms with Gasteiger partial charge < -0.3 is 14.8 Å². The second kappa shape index (κ2) is 12.0. The molecule has 1 amide bonds. The molecule has 12 heteroatoms. The summed E-state index contributed by atoms with van der Waals surface area (Å²) in [6.45, 7) is 3.51. The van der Waals surface area contributed by atoms with Gasteiger partial charge in [-0.15, -0.1) is 0 Å². The molecule has 3 rings (SSSR count). The van der Waals surface area contributed by atoms with Gasteiger partial charge in [-0.3, -0.25) is 4.98 Å². The number of benzene rings is 2. The van der Waals surface area contributed by atoms with E-state index >= 15 is 0 Å². The first kappa shape index (κ1) is 31.1. The van der Waals surface area contributed by atoms with E-state index in [9.17, 15) is 18.0 Å². The van der Waals surface area contributed by atoms with E-state index in [-0.39, 0.29) is 23.4 Å². The van der Waals surface area contributed by atoms with Crippen LogP contribution >= 0.6 is 46.4 Å². The van der Waals surface area contributed by atoms with Crippen molar-refractivity contribution < 1.29 is 27.4 Å². The SMILES string of the molecule is CC(F)C(F)(F)Oc1cccc([C@@](Cc2ccccc2)(NC(=O)OC(C)(C)C(Cl)(Cl)Cl)c2ccc(Cl)cn2)c1. The molecule has 1 aromatic heterocycles. The second-order valence-electron chi connectivity index (χ2n) is 9.26. The van der Waals surface area contributed by atoms with Gasteiger partial charge >= 0.3 is 12.2 Å². The van der Waals surface area contributed by atoms with Crippen molar-refractivity contribution in [2.24, 2.45) is 0 Å². The smallest absolute Gasteiger partial charge is 0.429 e. The lowest BCUT2D eigenvalue weighted by atomic mass is 9.80. The van der Waals surface area contributed by atoms with Gasteiger partial charge in [0.2, 0.25) is 9.96 Å². The highest BCUT2D eigenvalue weighted by atomic mass is 35.6. The predicted octanol–water partition coefficient (Wildman–Crippen LogP) is 8.43. The van der Waals surface area contributed by atoms with E-state index in [1.54, 1.807) is 30.3 Å². The van der Waals surface area contributed by atoms with Gasteiger partial charge in [-0.05, 0) is 56.2 Å². The highest BCUT2D eigenvalue weighted by Crippen LogP contribution is 2.41. The van der Waals surface area contributed by atoms with Crippen molar-refractivity contribution in [3.8, 4) is 5.75 Å². The van der Waals surface area contributed by atoms with E-state index in [0.29, 0.717) is 11.9 Å². The topological polar surface area (TPSA) is 60.5 Å². The highest BCUT2D eigenvalue weighted by Gasteiger charge is 2.46. The summed E-state index contributed by atoms with van der Waals surface area (Å²) in [6.07, 6.45) is -6.22. The Hall–Kier alpha value is -2.39. The van der Waals surface area contributed by atoms with Gasteiger partial charge in [0.05, 0.1) is 10.7 Å². The van der Waals surface area contributed by atoms with Crippen LogP contribution in [0.3, 0.4) is 0 Å². The minimum atomic E-state index is -4.10. The number of hydrogen-bond acceptors (Lipinski definition) is 4. The number of amides is 1. The van der Waals surface area contributed by atoms with Crippen LogP contribution in [-0.4, -0.2) is 32.8 Å². The van der Waals surface area contributed by atoms with E-state index in [2.05, 4.69) is 15.0 Å². The van der Waals surface area contributed by atoms with E-state index in [0.717, 1.165) is 5.56 Å². The van der Waals surface area contributed by atoms with Crippen molar-refractivity contribution in [2.75, 3.05) is 0 Å². The molecule has 5 nitrogen and oxygen atoms in total. The molecular weight excluding hydrogens is 599 g/mol. The number of nitrogens with zero attached hydrogens (tertiary/aromatic N) is 1. The van der Waals surface area contributed by atoms with Crippen molar-refractivity contribution in [3.63, 3.8) is 0 Å². The maximum Gasteiger partial charge on any atom is 0.429 e. The molecule has 0 saturated heterocycles. The molecule has 3 aromatic rings. The molecule has 1 N–H and O–H groups in total. The van der Waals surface area contributed by atoms with Crippen LogP contribution < -0.4 is 10.1 Å². The summed E-state index contributed by atoms with van der Waals surface area (Å²) >= 11 is 24.1. The van der Waals surface area contributed by atoms with Crippen LogP contribution in [0.1, 0.15) is 37.6 Å². The number of nitrogens with one attached hydrogen (secondary N) is 1. The maximum atomic E-state index is 14.1. The summed E-state index contributed by atoms with van der Waals surface area (Å²) in [5.41, 5.74) is -1.82. The Morgan fingerprint density at radius 2 is 1.69 bits per heavy atom. The molecule has 0 bridgehead atoms. The number of alkyl halides is 6. The highest BCUT2D eigenvalue weighted by molar-refractivity contribution is 6.68. The van der Waals surface area contributed by atoms with Gasteiger partial charge in [-0.1, -0.05) is 88.9 Å². The lowest BCUT2D eigenvalue weighted by Gasteiger charge is -2.38. The van der Waals surface area contributed by atoms with Crippen LogP contribution in [-0.2, 0) is 16.7 Å². The van der Waals surface area contributed by atoms with E-state index in [4.69, 9.17) is 51.1 Å². The lowest BCUT2D eigenvalue weighted by molar-refractivity contribution is -0.215. The third-order valence-corrected chi connectivity index (χ3v) is 7.46. The van der Waals surface area contributed by atoms with Gasteiger partial charge in [0.1, 0.15) is 11.3 Å². The molecule has 1 heterocycles. The van der Waals surface area contributed by atoms with Gasteiger partial charge in [-0.25, -0.2) is 9.18 Å². The summed E-state index contributed by atoms with van der Waals surface area (Å²) in [7, 11) is 0. The quantitative estimate of drug-likeness (QED) is 0.243. The maximum absolute atomic E-state index is 14.1. The molecule has 0 spiro atoms. The number of rotatable bonds is 9. The zero-order valence-electron chi connectivity index (χ0n) is 21.0. The van der Waals surface area contributed by atoms with Crippen LogP contribution in [0.2, 0.25) is 5.02 Å². The van der Waals surface area contributed by atoms with E-state index in [1.165, 1.54) is 38.2 Å². The van der Waals surface area contributed by atoms with Gasteiger partial charge in [0.25, 0.3) is 0 Å². The molecule has 0 saturated carbocycles. The number of carbonyl (C=O) groups excluding carboxylic acids is 1. The fourth-order valence-corrected chi connectivity index (χ4v) is 3.83.